The minimum Gasteiger partial charge on any atom is -0.480 e. The smallest absolute Gasteiger partial charge is 0.339 e. The van der Waals surface area contributed by atoms with Gasteiger partial charge in [-0.25, -0.2) is 4.79 Å². The third kappa shape index (κ3) is 3.17. The van der Waals surface area contributed by atoms with Gasteiger partial charge in [0.2, 0.25) is 0 Å². The summed E-state index contributed by atoms with van der Waals surface area (Å²) in [7, 11) is 1.69. The molecule has 1 atom stereocenters. The number of rotatable bonds is 5. The normalized spacial score (nSPS) is 14.1. The van der Waals surface area contributed by atoms with E-state index in [0.29, 0.717) is 23.6 Å². The van der Waals surface area contributed by atoms with Crippen molar-refractivity contribution in [3.63, 3.8) is 0 Å². The Morgan fingerprint density at radius 1 is 1.29 bits per heavy atom. The number of carbonyl (C=O) groups is 1. The van der Waals surface area contributed by atoms with Gasteiger partial charge in [-0.3, -0.25) is 4.79 Å². The predicted octanol–water partition coefficient (Wildman–Crippen LogP) is 3.00. The second-order valence-electron chi connectivity index (χ2n) is 7.21. The Kier molecular flexibility index (Phi) is 4.66. The number of hydrogen-bond acceptors (Lipinski definition) is 6. The van der Waals surface area contributed by atoms with Gasteiger partial charge in [-0.1, -0.05) is 5.16 Å². The molecule has 0 radical (unpaired) electrons. The summed E-state index contributed by atoms with van der Waals surface area (Å²) in [5, 5.41) is 4.77. The molecule has 1 amide bonds. The number of fused-ring (bicyclic) bond motifs is 3. The van der Waals surface area contributed by atoms with Crippen molar-refractivity contribution >= 4 is 16.9 Å². The lowest BCUT2D eigenvalue weighted by Crippen LogP contribution is -2.37. The molecule has 1 aliphatic carbocycles. The highest BCUT2D eigenvalue weighted by Crippen LogP contribution is 2.33. The van der Waals surface area contributed by atoms with Crippen molar-refractivity contribution in [2.75, 3.05) is 7.05 Å². The Hall–Kier alpha value is -3.09. The van der Waals surface area contributed by atoms with Crippen molar-refractivity contribution < 1.29 is 18.5 Å². The molecular weight excluding hydrogens is 360 g/mol. The number of ether oxygens (including phenoxy) is 1. The van der Waals surface area contributed by atoms with Gasteiger partial charge in [0.1, 0.15) is 23.3 Å². The minimum absolute atomic E-state index is 0.182. The molecule has 1 aliphatic rings. The van der Waals surface area contributed by atoms with Gasteiger partial charge in [-0.05, 0) is 50.8 Å². The summed E-state index contributed by atoms with van der Waals surface area (Å²) < 4.78 is 16.3. The molecule has 7 nitrogen and oxygen atoms in total. The molecule has 1 aromatic carbocycles. The van der Waals surface area contributed by atoms with Crippen LogP contribution in [0.25, 0.3) is 11.0 Å². The van der Waals surface area contributed by atoms with Crippen LogP contribution in [0.3, 0.4) is 0 Å². The first-order valence-electron chi connectivity index (χ1n) is 9.34. The molecule has 0 spiro atoms. The van der Waals surface area contributed by atoms with E-state index in [0.717, 1.165) is 41.3 Å². The van der Waals surface area contributed by atoms with Gasteiger partial charge in [0, 0.05) is 29.6 Å². The fourth-order valence-corrected chi connectivity index (χ4v) is 3.78. The fraction of sp³-hybridized carbons (Fsp3) is 0.381. The molecule has 7 heteroatoms. The van der Waals surface area contributed by atoms with E-state index in [2.05, 4.69) is 5.16 Å². The van der Waals surface area contributed by atoms with Crippen LogP contribution in [0.2, 0.25) is 0 Å². The average molecular weight is 382 g/mol. The number of nitrogens with zero attached hydrogens (tertiary/aromatic N) is 2. The zero-order chi connectivity index (χ0) is 19.8. The quantitative estimate of drug-likeness (QED) is 0.631. The minimum atomic E-state index is -0.700. The third-order valence-corrected chi connectivity index (χ3v) is 5.26. The van der Waals surface area contributed by atoms with Crippen molar-refractivity contribution in [2.24, 2.45) is 0 Å². The Labute approximate surface area is 161 Å². The van der Waals surface area contributed by atoms with Crippen LogP contribution in [0.5, 0.6) is 5.75 Å². The molecule has 2 aromatic heterocycles. The molecule has 4 rings (SSSR count). The molecule has 0 saturated heterocycles. The lowest BCUT2D eigenvalue weighted by Gasteiger charge is -2.22. The van der Waals surface area contributed by atoms with E-state index in [1.165, 1.54) is 11.2 Å². The first-order valence-corrected chi connectivity index (χ1v) is 9.34. The number of amides is 1. The van der Waals surface area contributed by atoms with Crippen LogP contribution in [0.15, 0.2) is 38.2 Å². The highest BCUT2D eigenvalue weighted by atomic mass is 16.5. The maximum atomic E-state index is 12.6. The molecule has 0 saturated carbocycles. The maximum absolute atomic E-state index is 12.6. The second kappa shape index (κ2) is 7.14. The second-order valence-corrected chi connectivity index (χ2v) is 7.21. The highest BCUT2D eigenvalue weighted by Gasteiger charge is 2.24. The Balaban J connectivity index is 1.57. The van der Waals surface area contributed by atoms with Crippen LogP contribution in [-0.4, -0.2) is 29.1 Å². The molecule has 0 N–H and O–H groups in total. The van der Waals surface area contributed by atoms with E-state index >= 15 is 0 Å². The zero-order valence-electron chi connectivity index (χ0n) is 16.2. The van der Waals surface area contributed by atoms with Crippen LogP contribution < -0.4 is 10.4 Å². The van der Waals surface area contributed by atoms with Gasteiger partial charge in [0.25, 0.3) is 5.91 Å². The lowest BCUT2D eigenvalue weighted by molar-refractivity contribution is -0.137. The van der Waals surface area contributed by atoms with Crippen LogP contribution >= 0.6 is 0 Å². The van der Waals surface area contributed by atoms with Gasteiger partial charge in [0.15, 0.2) is 6.10 Å². The lowest BCUT2D eigenvalue weighted by atomic mass is 10.0. The molecule has 2 heterocycles. The van der Waals surface area contributed by atoms with Crippen LogP contribution in [-0.2, 0) is 24.2 Å². The van der Waals surface area contributed by atoms with E-state index < -0.39 is 6.10 Å². The van der Waals surface area contributed by atoms with E-state index in [1.807, 2.05) is 19.1 Å². The van der Waals surface area contributed by atoms with E-state index in [4.69, 9.17) is 13.7 Å². The number of likely N-dealkylation sites (N-methyl/N-ethyl adjacent to an activating group) is 1. The van der Waals surface area contributed by atoms with E-state index in [1.54, 1.807) is 20.0 Å². The number of carbonyl (C=O) groups excluding carboxylic acids is 1. The summed E-state index contributed by atoms with van der Waals surface area (Å²) in [6, 6.07) is 5.47. The Morgan fingerprint density at radius 3 is 2.82 bits per heavy atom. The summed E-state index contributed by atoms with van der Waals surface area (Å²) in [5.74, 6) is 0.349. The molecule has 0 fully saturated rings. The predicted molar refractivity (Wildman–Crippen MR) is 102 cm³/mol. The van der Waals surface area contributed by atoms with Crippen LogP contribution in [0.1, 0.15) is 35.7 Å². The van der Waals surface area contributed by atoms with E-state index in [-0.39, 0.29) is 11.5 Å². The molecule has 0 aliphatic heterocycles. The molecule has 3 aromatic rings. The largest absolute Gasteiger partial charge is 0.480 e. The van der Waals surface area contributed by atoms with Crippen molar-refractivity contribution in [3.8, 4) is 5.75 Å². The summed E-state index contributed by atoms with van der Waals surface area (Å²) in [4.78, 5) is 26.4. The standard InChI is InChI=1S/C21H22N2O5/c1-12-18(27-13(2)20(24)23(3)11-14-9-10-26-22-14)8-7-16-15-5-4-6-17(15)21(25)28-19(12)16/h7-10,13H,4-6,11H2,1-3H3. The summed E-state index contributed by atoms with van der Waals surface area (Å²) in [5.41, 5.74) is 3.54. The first kappa shape index (κ1) is 18.3. The van der Waals surface area contributed by atoms with E-state index in [9.17, 15) is 9.59 Å². The summed E-state index contributed by atoms with van der Waals surface area (Å²) >= 11 is 0. The van der Waals surface area contributed by atoms with Gasteiger partial charge in [-0.2, -0.15) is 0 Å². The summed E-state index contributed by atoms with van der Waals surface area (Å²) in [6.07, 6.45) is 3.40. The Bertz CT molecular complexity index is 1080. The van der Waals surface area contributed by atoms with Gasteiger partial charge >= 0.3 is 5.63 Å². The summed E-state index contributed by atoms with van der Waals surface area (Å²) in [6.45, 7) is 3.88. The van der Waals surface area contributed by atoms with Crippen molar-refractivity contribution in [2.45, 2.75) is 45.8 Å². The molecule has 28 heavy (non-hydrogen) atoms. The number of benzene rings is 1. The van der Waals surface area contributed by atoms with Crippen molar-refractivity contribution in [3.05, 3.63) is 57.3 Å². The van der Waals surface area contributed by atoms with Crippen LogP contribution in [0, 0.1) is 6.92 Å². The molecule has 0 bridgehead atoms. The monoisotopic (exact) mass is 382 g/mol. The topological polar surface area (TPSA) is 85.8 Å². The van der Waals surface area contributed by atoms with Crippen LogP contribution in [0.4, 0.5) is 0 Å². The number of hydrogen-bond donors (Lipinski definition) is 0. The third-order valence-electron chi connectivity index (χ3n) is 5.26. The van der Waals surface area contributed by atoms with Gasteiger partial charge in [-0.15, -0.1) is 0 Å². The SMILES string of the molecule is Cc1c(OC(C)C(=O)N(C)Cc2ccon2)ccc2c3c(c(=O)oc12)CCC3. The molecule has 146 valence electrons. The first-order chi connectivity index (χ1) is 13.5. The number of aromatic nitrogens is 1. The molecular formula is C21H22N2O5. The van der Waals surface area contributed by atoms with Gasteiger partial charge < -0.3 is 18.6 Å². The Morgan fingerprint density at radius 2 is 2.07 bits per heavy atom. The van der Waals surface area contributed by atoms with Crippen molar-refractivity contribution in [1.82, 2.24) is 10.1 Å². The van der Waals surface area contributed by atoms with Crippen molar-refractivity contribution in [1.29, 1.82) is 0 Å². The molecule has 1 unspecified atom stereocenters. The fourth-order valence-electron chi connectivity index (χ4n) is 3.78. The zero-order valence-corrected chi connectivity index (χ0v) is 16.2. The van der Waals surface area contributed by atoms with Gasteiger partial charge in [0.05, 0.1) is 6.54 Å². The average Bonchev–Trinajstić information content (AvgIpc) is 3.36. The highest BCUT2D eigenvalue weighted by molar-refractivity contribution is 5.86. The maximum Gasteiger partial charge on any atom is 0.339 e. The number of aryl methyl sites for hydroxylation is 2.